The maximum atomic E-state index is 12.2. The number of carbonyl (C=O) groups excluding carboxylic acids is 3. The molecule has 2 N–H and O–H groups in total. The van der Waals surface area contributed by atoms with Crippen LogP contribution in [0.1, 0.15) is 6.42 Å². The molecule has 9 heteroatoms. The van der Waals surface area contributed by atoms with Crippen molar-refractivity contribution in [2.75, 3.05) is 45.8 Å². The number of urea groups is 1. The monoisotopic (exact) mass is 298 g/mol. The van der Waals surface area contributed by atoms with E-state index in [1.54, 1.807) is 4.90 Å². The maximum absolute atomic E-state index is 12.2. The fourth-order valence-electron chi connectivity index (χ4n) is 2.39. The lowest BCUT2D eigenvalue weighted by molar-refractivity contribution is -0.137. The van der Waals surface area contributed by atoms with Gasteiger partial charge in [-0.15, -0.1) is 0 Å². The van der Waals surface area contributed by atoms with Gasteiger partial charge in [-0.1, -0.05) is 0 Å². The normalized spacial score (nSPS) is 20.4. The molecule has 2 aliphatic heterocycles. The minimum Gasteiger partial charge on any atom is -0.481 e. The van der Waals surface area contributed by atoms with Crippen molar-refractivity contribution >= 4 is 23.8 Å². The molecule has 0 unspecified atom stereocenters. The lowest BCUT2D eigenvalue weighted by Gasteiger charge is -2.37. The molecule has 9 nitrogen and oxygen atoms in total. The number of carboxylic acids is 1. The quantitative estimate of drug-likeness (QED) is 0.592. The first-order valence-electron chi connectivity index (χ1n) is 6.76. The second kappa shape index (κ2) is 6.53. The molecule has 4 amide bonds. The average Bonchev–Trinajstić information content (AvgIpc) is 2.44. The van der Waals surface area contributed by atoms with Crippen LogP contribution in [0.2, 0.25) is 0 Å². The molecule has 2 saturated heterocycles. The molecule has 0 spiro atoms. The van der Waals surface area contributed by atoms with E-state index in [1.165, 1.54) is 4.90 Å². The lowest BCUT2D eigenvalue weighted by atomic mass is 10.3. The number of piperazine rings is 2. The zero-order valence-corrected chi connectivity index (χ0v) is 11.6. The van der Waals surface area contributed by atoms with Gasteiger partial charge in [-0.25, -0.2) is 4.79 Å². The number of nitrogens with zero attached hydrogens (tertiary/aromatic N) is 3. The summed E-state index contributed by atoms with van der Waals surface area (Å²) in [4.78, 5) is 50.1. The Bertz CT molecular complexity index is 443. The topological polar surface area (TPSA) is 110 Å². The second-order valence-corrected chi connectivity index (χ2v) is 5.08. The molecule has 0 bridgehead atoms. The van der Waals surface area contributed by atoms with E-state index < -0.39 is 17.8 Å². The molecular weight excluding hydrogens is 280 g/mol. The number of aliphatic carboxylic acids is 1. The maximum Gasteiger partial charge on any atom is 0.321 e. The Balaban J connectivity index is 1.81. The predicted octanol–water partition coefficient (Wildman–Crippen LogP) is -1.84. The van der Waals surface area contributed by atoms with E-state index in [9.17, 15) is 19.2 Å². The van der Waals surface area contributed by atoms with Gasteiger partial charge in [0.15, 0.2) is 0 Å². The van der Waals surface area contributed by atoms with Crippen molar-refractivity contribution in [3.63, 3.8) is 0 Å². The van der Waals surface area contributed by atoms with Gasteiger partial charge in [-0.3, -0.25) is 24.6 Å². The molecule has 0 atom stereocenters. The zero-order valence-electron chi connectivity index (χ0n) is 11.6. The van der Waals surface area contributed by atoms with Gasteiger partial charge in [-0.05, 0) is 0 Å². The van der Waals surface area contributed by atoms with Gasteiger partial charge >= 0.3 is 12.0 Å². The smallest absolute Gasteiger partial charge is 0.321 e. The van der Waals surface area contributed by atoms with Gasteiger partial charge in [0.25, 0.3) is 0 Å². The predicted molar refractivity (Wildman–Crippen MR) is 70.4 cm³/mol. The number of imide groups is 1. The van der Waals surface area contributed by atoms with Crippen molar-refractivity contribution in [2.45, 2.75) is 6.42 Å². The van der Waals surface area contributed by atoms with Crippen molar-refractivity contribution in [2.24, 2.45) is 0 Å². The van der Waals surface area contributed by atoms with Crippen LogP contribution in [0, 0.1) is 0 Å². The van der Waals surface area contributed by atoms with Crippen LogP contribution in [0.4, 0.5) is 4.79 Å². The number of amides is 4. The number of hydrogen-bond donors (Lipinski definition) is 2. The van der Waals surface area contributed by atoms with E-state index in [0.29, 0.717) is 32.7 Å². The van der Waals surface area contributed by atoms with Crippen LogP contribution < -0.4 is 5.32 Å². The number of nitrogens with one attached hydrogen (secondary N) is 1. The molecule has 0 aromatic heterocycles. The Morgan fingerprint density at radius 2 is 1.57 bits per heavy atom. The third-order valence-electron chi connectivity index (χ3n) is 3.50. The number of carbonyl (C=O) groups is 4. The van der Waals surface area contributed by atoms with Crippen LogP contribution in [0.3, 0.4) is 0 Å². The van der Waals surface area contributed by atoms with E-state index in [1.807, 2.05) is 4.90 Å². The third-order valence-corrected chi connectivity index (χ3v) is 3.50. The Labute approximate surface area is 121 Å². The van der Waals surface area contributed by atoms with Gasteiger partial charge in [0, 0.05) is 32.7 Å². The van der Waals surface area contributed by atoms with Gasteiger partial charge in [-0.2, -0.15) is 0 Å². The number of hydrogen-bond acceptors (Lipinski definition) is 5. The van der Waals surface area contributed by atoms with Crippen molar-refractivity contribution in [3.8, 4) is 0 Å². The summed E-state index contributed by atoms with van der Waals surface area (Å²) in [5, 5.41) is 10.8. The molecule has 2 aliphatic rings. The first-order chi connectivity index (χ1) is 9.95. The van der Waals surface area contributed by atoms with Crippen LogP contribution in [-0.4, -0.2) is 89.4 Å². The highest BCUT2D eigenvalue weighted by Gasteiger charge is 2.31. The third kappa shape index (κ3) is 4.15. The fraction of sp³-hybridized carbons (Fsp3) is 0.667. The Hall–Kier alpha value is -2.16. The highest BCUT2D eigenvalue weighted by Crippen LogP contribution is 2.07. The molecule has 0 aromatic carbocycles. The highest BCUT2D eigenvalue weighted by atomic mass is 16.4. The minimum atomic E-state index is -0.841. The van der Waals surface area contributed by atoms with Crippen molar-refractivity contribution in [1.82, 2.24) is 20.0 Å². The molecule has 0 aromatic rings. The second-order valence-electron chi connectivity index (χ2n) is 5.08. The SMILES string of the molecule is O=C(O)CCN1CCN(C(=O)N2CC(=O)NC(=O)C2)CC1. The fourth-order valence-corrected chi connectivity index (χ4v) is 2.39. The molecule has 116 valence electrons. The summed E-state index contributed by atoms with van der Waals surface area (Å²) in [6.45, 7) is 2.35. The molecule has 2 fully saturated rings. The summed E-state index contributed by atoms with van der Waals surface area (Å²) < 4.78 is 0. The molecule has 0 saturated carbocycles. The summed E-state index contributed by atoms with van der Waals surface area (Å²) >= 11 is 0. The first-order valence-corrected chi connectivity index (χ1v) is 6.76. The van der Waals surface area contributed by atoms with Crippen LogP contribution in [0.5, 0.6) is 0 Å². The Morgan fingerprint density at radius 1 is 1.00 bits per heavy atom. The average molecular weight is 298 g/mol. The van der Waals surface area contributed by atoms with Crippen molar-refractivity contribution in [1.29, 1.82) is 0 Å². The molecule has 0 aliphatic carbocycles. The van der Waals surface area contributed by atoms with Crippen LogP contribution in [0.15, 0.2) is 0 Å². The Kier molecular flexibility index (Phi) is 4.73. The van der Waals surface area contributed by atoms with E-state index in [0.717, 1.165) is 0 Å². The van der Waals surface area contributed by atoms with E-state index in [2.05, 4.69) is 5.32 Å². The summed E-state index contributed by atoms with van der Waals surface area (Å²) in [5.74, 6) is -1.79. The van der Waals surface area contributed by atoms with Crippen LogP contribution in [0.25, 0.3) is 0 Å². The molecule has 0 radical (unpaired) electrons. The minimum absolute atomic E-state index is 0.0781. The molecule has 2 rings (SSSR count). The summed E-state index contributed by atoms with van der Waals surface area (Å²) in [6.07, 6.45) is 0.0781. The van der Waals surface area contributed by atoms with Gasteiger partial charge < -0.3 is 14.9 Å². The summed E-state index contributed by atoms with van der Waals surface area (Å²) in [5.41, 5.74) is 0. The van der Waals surface area contributed by atoms with E-state index in [4.69, 9.17) is 5.11 Å². The van der Waals surface area contributed by atoms with Crippen molar-refractivity contribution in [3.05, 3.63) is 0 Å². The van der Waals surface area contributed by atoms with Crippen LogP contribution >= 0.6 is 0 Å². The van der Waals surface area contributed by atoms with Crippen LogP contribution in [-0.2, 0) is 14.4 Å². The molecule has 21 heavy (non-hydrogen) atoms. The first kappa shape index (κ1) is 15.2. The largest absolute Gasteiger partial charge is 0.481 e. The lowest BCUT2D eigenvalue weighted by Crippen LogP contribution is -2.59. The number of rotatable bonds is 3. The summed E-state index contributed by atoms with van der Waals surface area (Å²) in [7, 11) is 0. The van der Waals surface area contributed by atoms with E-state index in [-0.39, 0.29) is 25.5 Å². The number of carboxylic acid groups (broad SMARTS) is 1. The highest BCUT2D eigenvalue weighted by molar-refractivity contribution is 6.02. The van der Waals surface area contributed by atoms with E-state index >= 15 is 0 Å². The Morgan fingerprint density at radius 3 is 2.10 bits per heavy atom. The summed E-state index contributed by atoms with van der Waals surface area (Å²) in [6, 6.07) is -0.323. The van der Waals surface area contributed by atoms with Crippen molar-refractivity contribution < 1.29 is 24.3 Å². The zero-order chi connectivity index (χ0) is 15.4. The molecular formula is C12H18N4O5. The molecule has 2 heterocycles. The van der Waals surface area contributed by atoms with Gasteiger partial charge in [0.05, 0.1) is 6.42 Å². The van der Waals surface area contributed by atoms with Gasteiger partial charge in [0.2, 0.25) is 11.8 Å². The standard InChI is InChI=1S/C12H18N4O5/c17-9-7-16(8-10(18)13-9)12(21)15-5-3-14(4-6-15)2-1-11(19)20/h1-8H2,(H,19,20)(H,13,17,18). The van der Waals surface area contributed by atoms with Gasteiger partial charge in [0.1, 0.15) is 13.1 Å².